The van der Waals surface area contributed by atoms with Crippen LogP contribution in [0.4, 0.5) is 0 Å². The van der Waals surface area contributed by atoms with Gasteiger partial charge in [0.2, 0.25) is 5.91 Å². The minimum atomic E-state index is -4.58. The van der Waals surface area contributed by atoms with Crippen molar-refractivity contribution in [3.8, 4) is 0 Å². The highest BCUT2D eigenvalue weighted by Gasteiger charge is 2.24. The maximum Gasteiger partial charge on any atom is 0.268 e. The summed E-state index contributed by atoms with van der Waals surface area (Å²) in [5.74, 6) is -0.187. The number of phosphoric ester groups is 1. The lowest BCUT2D eigenvalue weighted by atomic mass is 10.0. The summed E-state index contributed by atoms with van der Waals surface area (Å²) >= 11 is 0. The van der Waals surface area contributed by atoms with Crippen molar-refractivity contribution < 1.29 is 32.9 Å². The molecule has 0 heterocycles. The zero-order valence-corrected chi connectivity index (χ0v) is 44.3. The van der Waals surface area contributed by atoms with Gasteiger partial charge in [0.15, 0.2) is 0 Å². The Bertz CT molecular complexity index is 1200. The van der Waals surface area contributed by atoms with Crippen molar-refractivity contribution in [2.75, 3.05) is 40.9 Å². The molecule has 0 aromatic rings. The van der Waals surface area contributed by atoms with Crippen LogP contribution in [0.5, 0.6) is 0 Å². The van der Waals surface area contributed by atoms with Crippen LogP contribution in [-0.2, 0) is 18.4 Å². The highest BCUT2D eigenvalue weighted by Crippen LogP contribution is 2.38. The number of nitrogens with one attached hydrogen (secondary N) is 1. The summed E-state index contributed by atoms with van der Waals surface area (Å²) < 4.78 is 23.4. The van der Waals surface area contributed by atoms with E-state index in [1.165, 1.54) is 148 Å². The minimum absolute atomic E-state index is 0.00568. The summed E-state index contributed by atoms with van der Waals surface area (Å²) in [4.78, 5) is 25.5. The third-order valence-electron chi connectivity index (χ3n) is 12.3. The van der Waals surface area contributed by atoms with Gasteiger partial charge in [-0.1, -0.05) is 242 Å². The molecule has 0 saturated heterocycles. The van der Waals surface area contributed by atoms with Gasteiger partial charge in [-0.3, -0.25) is 9.36 Å². The predicted molar refractivity (Wildman–Crippen MR) is 279 cm³/mol. The monoisotopic (exact) mass is 935 g/mol. The number of aliphatic hydroxyl groups is 1. The van der Waals surface area contributed by atoms with Crippen LogP contribution < -0.4 is 10.2 Å². The molecule has 0 spiro atoms. The van der Waals surface area contributed by atoms with Gasteiger partial charge in [-0.2, -0.15) is 0 Å². The van der Waals surface area contributed by atoms with E-state index in [4.69, 9.17) is 9.05 Å². The molecule has 0 aliphatic rings. The summed E-state index contributed by atoms with van der Waals surface area (Å²) in [6.45, 7) is 4.61. The molecular formula is C56H107N2O6P. The largest absolute Gasteiger partial charge is 0.756 e. The Labute approximate surface area is 403 Å². The lowest BCUT2D eigenvalue weighted by molar-refractivity contribution is -0.870. The highest BCUT2D eigenvalue weighted by molar-refractivity contribution is 7.45. The smallest absolute Gasteiger partial charge is 0.268 e. The summed E-state index contributed by atoms with van der Waals surface area (Å²) in [5.41, 5.74) is 0. The Morgan fingerprint density at radius 3 is 1.37 bits per heavy atom. The van der Waals surface area contributed by atoms with Crippen LogP contribution in [0.25, 0.3) is 0 Å². The summed E-state index contributed by atoms with van der Waals surface area (Å²) in [5, 5.41) is 14.0. The van der Waals surface area contributed by atoms with Crippen molar-refractivity contribution in [3.05, 3.63) is 48.6 Å². The molecule has 382 valence electrons. The van der Waals surface area contributed by atoms with Crippen molar-refractivity contribution >= 4 is 13.7 Å². The lowest BCUT2D eigenvalue weighted by Gasteiger charge is -2.30. The van der Waals surface area contributed by atoms with Crippen LogP contribution in [0.2, 0.25) is 0 Å². The second kappa shape index (κ2) is 47.5. The zero-order chi connectivity index (χ0) is 47.8. The average molecular weight is 935 g/mol. The molecule has 0 rings (SSSR count). The number of aliphatic hydroxyl groups excluding tert-OH is 1. The van der Waals surface area contributed by atoms with E-state index >= 15 is 0 Å². The van der Waals surface area contributed by atoms with Crippen LogP contribution in [0.3, 0.4) is 0 Å². The molecule has 0 aromatic carbocycles. The van der Waals surface area contributed by atoms with Gasteiger partial charge in [-0.15, -0.1) is 0 Å². The van der Waals surface area contributed by atoms with E-state index in [0.717, 1.165) is 77.0 Å². The maximum atomic E-state index is 12.9. The summed E-state index contributed by atoms with van der Waals surface area (Å²) in [6.07, 6.45) is 61.4. The third kappa shape index (κ3) is 50.2. The maximum absolute atomic E-state index is 12.9. The number of carbonyl (C=O) groups excluding carboxylic acids is 1. The van der Waals surface area contributed by atoms with E-state index in [-0.39, 0.29) is 19.1 Å². The third-order valence-corrected chi connectivity index (χ3v) is 13.3. The fraction of sp³-hybridized carbons (Fsp3) is 0.839. The van der Waals surface area contributed by atoms with E-state index in [9.17, 15) is 19.4 Å². The van der Waals surface area contributed by atoms with E-state index in [1.807, 2.05) is 21.1 Å². The molecule has 3 atom stereocenters. The Hall–Kier alpha value is -1.54. The van der Waals surface area contributed by atoms with Crippen LogP contribution in [0, 0.1) is 0 Å². The van der Waals surface area contributed by atoms with Gasteiger partial charge >= 0.3 is 0 Å². The number of likely N-dealkylation sites (N-methyl/N-ethyl adjacent to an activating group) is 1. The second-order valence-corrected chi connectivity index (χ2v) is 21.3. The molecule has 0 aliphatic carbocycles. The predicted octanol–water partition coefficient (Wildman–Crippen LogP) is 15.7. The van der Waals surface area contributed by atoms with Crippen LogP contribution in [0.1, 0.15) is 251 Å². The van der Waals surface area contributed by atoms with Gasteiger partial charge in [0.05, 0.1) is 39.9 Å². The first-order chi connectivity index (χ1) is 31.5. The Kier molecular flexibility index (Phi) is 46.4. The van der Waals surface area contributed by atoms with E-state index < -0.39 is 20.0 Å². The Balaban J connectivity index is 4.19. The lowest BCUT2D eigenvalue weighted by Crippen LogP contribution is -2.46. The average Bonchev–Trinajstić information content (AvgIpc) is 3.26. The molecule has 0 fully saturated rings. The molecule has 1 amide bonds. The SMILES string of the molecule is CC/C=C\C/C=C\C/C=C\C/C=C\CCCCCCC(=O)NC(COP(=O)([O-])OCC[N+](C)(C)C)C(O)CCCCCCCCCCCCCCCCCCCCCCCCCCCC. The van der Waals surface area contributed by atoms with Gasteiger partial charge in [0, 0.05) is 6.42 Å². The number of allylic oxidation sites excluding steroid dienone is 8. The molecule has 65 heavy (non-hydrogen) atoms. The summed E-state index contributed by atoms with van der Waals surface area (Å²) in [6, 6.07) is -0.816. The van der Waals surface area contributed by atoms with Crippen molar-refractivity contribution in [1.29, 1.82) is 0 Å². The minimum Gasteiger partial charge on any atom is -0.756 e. The number of quaternary nitrogens is 1. The standard InChI is InChI=1S/C56H107N2O6P/c1-6-8-10-12-14-16-18-20-22-24-25-26-27-28-29-30-31-32-34-35-37-39-41-43-45-47-49-55(59)54(53-64-65(61,62)63-52-51-58(3,4)5)57-56(60)50-48-46-44-42-40-38-36-33-23-21-19-17-15-13-11-9-7-2/h9,11,15,17,21,23,36,38,54-55,59H,6-8,10,12-14,16,18-20,22,24-35,37,39-53H2,1-5H3,(H-,57,60,61,62)/b11-9-,17-15-,23-21-,38-36-. The normalized spacial score (nSPS) is 14.4. The number of unbranched alkanes of at least 4 members (excludes halogenated alkanes) is 29. The van der Waals surface area contributed by atoms with Crippen molar-refractivity contribution in [1.82, 2.24) is 5.32 Å². The topological polar surface area (TPSA) is 108 Å². The van der Waals surface area contributed by atoms with Gasteiger partial charge in [0.25, 0.3) is 7.82 Å². The molecule has 9 heteroatoms. The molecular weight excluding hydrogens is 828 g/mol. The summed E-state index contributed by atoms with van der Waals surface area (Å²) in [7, 11) is 1.29. The van der Waals surface area contributed by atoms with Crippen LogP contribution >= 0.6 is 7.82 Å². The van der Waals surface area contributed by atoms with Crippen molar-refractivity contribution in [2.45, 2.75) is 264 Å². The number of hydrogen-bond acceptors (Lipinski definition) is 6. The Morgan fingerprint density at radius 2 is 0.938 bits per heavy atom. The van der Waals surface area contributed by atoms with Gasteiger partial charge in [-0.25, -0.2) is 0 Å². The molecule has 0 aliphatic heterocycles. The van der Waals surface area contributed by atoms with Gasteiger partial charge in [0.1, 0.15) is 13.2 Å². The number of phosphoric acid groups is 1. The first-order valence-electron chi connectivity index (χ1n) is 27.5. The van der Waals surface area contributed by atoms with E-state index in [1.54, 1.807) is 0 Å². The first-order valence-corrected chi connectivity index (χ1v) is 28.9. The number of rotatable bonds is 50. The van der Waals surface area contributed by atoms with Crippen molar-refractivity contribution in [2.24, 2.45) is 0 Å². The molecule has 0 bridgehead atoms. The fourth-order valence-corrected chi connectivity index (χ4v) is 8.76. The van der Waals surface area contributed by atoms with Gasteiger partial charge < -0.3 is 28.8 Å². The van der Waals surface area contributed by atoms with Crippen molar-refractivity contribution in [3.63, 3.8) is 0 Å². The number of amides is 1. The molecule has 3 unspecified atom stereocenters. The quantitative estimate of drug-likeness (QED) is 0.0272. The highest BCUT2D eigenvalue weighted by atomic mass is 31.2. The van der Waals surface area contributed by atoms with E-state index in [2.05, 4.69) is 67.8 Å². The number of nitrogens with zero attached hydrogens (tertiary/aromatic N) is 1. The molecule has 0 aromatic heterocycles. The molecule has 8 nitrogen and oxygen atoms in total. The number of carbonyl (C=O) groups is 1. The Morgan fingerprint density at radius 1 is 0.554 bits per heavy atom. The second-order valence-electron chi connectivity index (χ2n) is 19.9. The molecule has 0 saturated carbocycles. The number of hydrogen-bond donors (Lipinski definition) is 2. The van der Waals surface area contributed by atoms with Crippen LogP contribution in [0.15, 0.2) is 48.6 Å². The zero-order valence-electron chi connectivity index (χ0n) is 43.4. The van der Waals surface area contributed by atoms with Crippen LogP contribution in [-0.4, -0.2) is 68.5 Å². The fourth-order valence-electron chi connectivity index (χ4n) is 8.03. The van der Waals surface area contributed by atoms with E-state index in [0.29, 0.717) is 23.9 Å². The van der Waals surface area contributed by atoms with Gasteiger partial charge in [-0.05, 0) is 51.4 Å². The molecule has 0 radical (unpaired) electrons. The molecule has 2 N–H and O–H groups in total. The first kappa shape index (κ1) is 63.5.